The fourth-order valence-electron chi connectivity index (χ4n) is 3.69. The molecular formula is C27H38ClN3O4S. The maximum atomic E-state index is 13.6. The van der Waals surface area contributed by atoms with Crippen molar-refractivity contribution in [3.8, 4) is 0 Å². The summed E-state index contributed by atoms with van der Waals surface area (Å²) in [5, 5.41) is 3.37. The summed E-state index contributed by atoms with van der Waals surface area (Å²) in [5.74, 6) is -0.780. The first-order valence-corrected chi connectivity index (χ1v) is 14.4. The van der Waals surface area contributed by atoms with Crippen LogP contribution >= 0.6 is 11.6 Å². The number of nitrogens with one attached hydrogen (secondary N) is 1. The maximum absolute atomic E-state index is 13.6. The van der Waals surface area contributed by atoms with Gasteiger partial charge in [0.25, 0.3) is 0 Å². The zero-order valence-electron chi connectivity index (χ0n) is 22.0. The number of rotatable bonds is 11. The fourth-order valence-corrected chi connectivity index (χ4v) is 4.75. The van der Waals surface area contributed by atoms with E-state index in [1.807, 2.05) is 25.1 Å². The molecule has 0 aliphatic carbocycles. The van der Waals surface area contributed by atoms with Crippen molar-refractivity contribution in [1.82, 2.24) is 10.2 Å². The Morgan fingerprint density at radius 2 is 1.72 bits per heavy atom. The van der Waals surface area contributed by atoms with Crippen molar-refractivity contribution in [2.75, 3.05) is 23.7 Å². The van der Waals surface area contributed by atoms with Crippen LogP contribution in [0.1, 0.15) is 58.6 Å². The molecule has 2 amide bonds. The van der Waals surface area contributed by atoms with Gasteiger partial charge in [-0.05, 0) is 54.2 Å². The maximum Gasteiger partial charge on any atom is 0.244 e. The molecule has 0 aliphatic heterocycles. The first kappa shape index (κ1) is 29.6. The number of sulfonamides is 1. The zero-order chi connectivity index (χ0) is 27.1. The van der Waals surface area contributed by atoms with E-state index in [1.54, 1.807) is 37.3 Å². The molecule has 0 heterocycles. The fraction of sp³-hybridized carbons (Fsp3) is 0.481. The number of hydrogen-bond donors (Lipinski definition) is 1. The van der Waals surface area contributed by atoms with E-state index in [4.69, 9.17) is 11.6 Å². The third-order valence-electron chi connectivity index (χ3n) is 5.94. The van der Waals surface area contributed by atoms with Crippen LogP contribution in [0.5, 0.6) is 0 Å². The highest BCUT2D eigenvalue weighted by Crippen LogP contribution is 2.26. The molecule has 0 saturated heterocycles. The Morgan fingerprint density at radius 1 is 1.08 bits per heavy atom. The van der Waals surface area contributed by atoms with E-state index in [0.29, 0.717) is 17.3 Å². The first-order valence-electron chi connectivity index (χ1n) is 12.1. The number of benzene rings is 2. The lowest BCUT2D eigenvalue weighted by molar-refractivity contribution is -0.139. The highest BCUT2D eigenvalue weighted by Gasteiger charge is 2.30. The molecule has 9 heteroatoms. The number of unbranched alkanes of at least 4 members (excludes halogenated alkanes) is 1. The Labute approximate surface area is 220 Å². The number of anilines is 1. The van der Waals surface area contributed by atoms with Gasteiger partial charge in [0.05, 0.1) is 11.9 Å². The summed E-state index contributed by atoms with van der Waals surface area (Å²) >= 11 is 6.13. The van der Waals surface area contributed by atoms with Crippen LogP contribution in [-0.2, 0) is 31.6 Å². The van der Waals surface area contributed by atoms with Gasteiger partial charge in [0.2, 0.25) is 21.8 Å². The summed E-state index contributed by atoms with van der Waals surface area (Å²) < 4.78 is 26.5. The van der Waals surface area contributed by atoms with Crippen molar-refractivity contribution in [2.24, 2.45) is 0 Å². The van der Waals surface area contributed by atoms with Crippen molar-refractivity contribution >= 4 is 39.1 Å². The molecule has 2 aromatic rings. The van der Waals surface area contributed by atoms with Crippen LogP contribution in [-0.4, -0.2) is 50.5 Å². The molecule has 0 fully saturated rings. The molecule has 2 rings (SSSR count). The number of amides is 2. The van der Waals surface area contributed by atoms with Gasteiger partial charge in [0, 0.05) is 18.1 Å². The molecule has 198 valence electrons. The number of nitrogens with zero attached hydrogens (tertiary/aromatic N) is 2. The lowest BCUT2D eigenvalue weighted by Crippen LogP contribution is -2.51. The molecule has 7 nitrogen and oxygen atoms in total. The Balaban J connectivity index is 2.36. The second kappa shape index (κ2) is 12.6. The highest BCUT2D eigenvalue weighted by molar-refractivity contribution is 7.92. The van der Waals surface area contributed by atoms with Crippen LogP contribution in [0.2, 0.25) is 5.02 Å². The van der Waals surface area contributed by atoms with E-state index < -0.39 is 28.5 Å². The Hall–Kier alpha value is -2.58. The molecule has 0 radical (unpaired) electrons. The molecular weight excluding hydrogens is 498 g/mol. The van der Waals surface area contributed by atoms with Crippen LogP contribution in [0.4, 0.5) is 5.69 Å². The van der Waals surface area contributed by atoms with Crippen LogP contribution in [0.25, 0.3) is 0 Å². The van der Waals surface area contributed by atoms with Gasteiger partial charge >= 0.3 is 0 Å². The monoisotopic (exact) mass is 535 g/mol. The number of hydrogen-bond acceptors (Lipinski definition) is 4. The van der Waals surface area contributed by atoms with Gasteiger partial charge in [-0.3, -0.25) is 13.9 Å². The normalized spacial score (nSPS) is 12.6. The van der Waals surface area contributed by atoms with E-state index in [1.165, 1.54) is 4.90 Å². The largest absolute Gasteiger partial charge is 0.354 e. The molecule has 0 saturated carbocycles. The molecule has 36 heavy (non-hydrogen) atoms. The number of carbonyl (C=O) groups excluding carboxylic acids is 2. The Morgan fingerprint density at radius 3 is 2.25 bits per heavy atom. The van der Waals surface area contributed by atoms with E-state index in [-0.39, 0.29) is 17.9 Å². The minimum Gasteiger partial charge on any atom is -0.354 e. The van der Waals surface area contributed by atoms with Crippen LogP contribution in [0, 0.1) is 0 Å². The van der Waals surface area contributed by atoms with Gasteiger partial charge < -0.3 is 10.2 Å². The highest BCUT2D eigenvalue weighted by atomic mass is 35.5. The molecule has 0 spiro atoms. The minimum atomic E-state index is -3.77. The molecule has 1 atom stereocenters. The molecule has 0 bridgehead atoms. The molecule has 0 unspecified atom stereocenters. The molecule has 2 aromatic carbocycles. The Bertz CT molecular complexity index is 1140. The first-order chi connectivity index (χ1) is 16.7. The average Bonchev–Trinajstić information content (AvgIpc) is 2.79. The number of halogens is 1. The van der Waals surface area contributed by atoms with Crippen molar-refractivity contribution in [3.63, 3.8) is 0 Å². The van der Waals surface area contributed by atoms with Gasteiger partial charge in [0.15, 0.2) is 0 Å². The van der Waals surface area contributed by atoms with Crippen molar-refractivity contribution < 1.29 is 18.0 Å². The van der Waals surface area contributed by atoms with Gasteiger partial charge in [-0.15, -0.1) is 0 Å². The second-order valence-corrected chi connectivity index (χ2v) is 12.4. The van der Waals surface area contributed by atoms with Gasteiger partial charge in [-0.2, -0.15) is 0 Å². The molecule has 0 aliphatic rings. The van der Waals surface area contributed by atoms with Gasteiger partial charge in [0.1, 0.15) is 12.6 Å². The SMILES string of the molecule is CCCCNC(=O)[C@@H](C)N(Cc1cccc(Cl)c1)C(=O)CN(c1ccc(C(C)(C)C)cc1)S(C)(=O)=O. The smallest absolute Gasteiger partial charge is 0.244 e. The number of carbonyl (C=O) groups is 2. The average molecular weight is 536 g/mol. The topological polar surface area (TPSA) is 86.8 Å². The van der Waals surface area contributed by atoms with E-state index in [9.17, 15) is 18.0 Å². The van der Waals surface area contributed by atoms with Gasteiger partial charge in [-0.1, -0.05) is 70.0 Å². The van der Waals surface area contributed by atoms with Gasteiger partial charge in [-0.25, -0.2) is 8.42 Å². The lowest BCUT2D eigenvalue weighted by Gasteiger charge is -2.31. The third kappa shape index (κ3) is 8.52. The zero-order valence-corrected chi connectivity index (χ0v) is 23.6. The predicted molar refractivity (Wildman–Crippen MR) is 147 cm³/mol. The summed E-state index contributed by atoms with van der Waals surface area (Å²) in [6.45, 7) is 10.1. The van der Waals surface area contributed by atoms with Crippen molar-refractivity contribution in [1.29, 1.82) is 0 Å². The van der Waals surface area contributed by atoms with Crippen LogP contribution in [0.3, 0.4) is 0 Å². The quantitative estimate of drug-likeness (QED) is 0.421. The van der Waals surface area contributed by atoms with Crippen LogP contribution < -0.4 is 9.62 Å². The predicted octanol–water partition coefficient (Wildman–Crippen LogP) is 4.74. The summed E-state index contributed by atoms with van der Waals surface area (Å²) in [6, 6.07) is 13.4. The van der Waals surface area contributed by atoms with Crippen molar-refractivity contribution in [3.05, 3.63) is 64.7 Å². The lowest BCUT2D eigenvalue weighted by atomic mass is 9.87. The Kier molecular flexibility index (Phi) is 10.4. The van der Waals surface area contributed by atoms with E-state index >= 15 is 0 Å². The minimum absolute atomic E-state index is 0.0986. The summed E-state index contributed by atoms with van der Waals surface area (Å²) in [7, 11) is -3.77. The molecule has 0 aromatic heterocycles. The van der Waals surface area contributed by atoms with E-state index in [0.717, 1.165) is 34.5 Å². The van der Waals surface area contributed by atoms with E-state index in [2.05, 4.69) is 26.1 Å². The standard InChI is InChI=1S/C27H38ClN3O4S/c1-7-8-16-29-26(33)20(2)30(18-21-10-9-11-23(28)17-21)25(32)19-31(36(6,34)35)24-14-12-22(13-15-24)27(3,4)5/h9-15,17,20H,7-8,16,18-19H2,1-6H3,(H,29,33)/t20-/m1/s1. The van der Waals surface area contributed by atoms with Crippen molar-refractivity contribution in [2.45, 2.75) is 65.5 Å². The summed E-state index contributed by atoms with van der Waals surface area (Å²) in [4.78, 5) is 27.8. The summed E-state index contributed by atoms with van der Waals surface area (Å²) in [6.07, 6.45) is 2.82. The second-order valence-electron chi connectivity index (χ2n) is 10.0. The summed E-state index contributed by atoms with van der Waals surface area (Å²) in [5.41, 5.74) is 2.08. The molecule has 1 N–H and O–H groups in total. The third-order valence-corrected chi connectivity index (χ3v) is 7.31. The van der Waals surface area contributed by atoms with Crippen LogP contribution in [0.15, 0.2) is 48.5 Å².